The van der Waals surface area contributed by atoms with Crippen molar-refractivity contribution < 1.29 is 9.90 Å². The van der Waals surface area contributed by atoms with Gasteiger partial charge in [-0.2, -0.15) is 0 Å². The lowest BCUT2D eigenvalue weighted by atomic mass is 9.96. The SMILES string of the molecule is CC(O)CCC(=O)N(C)CC(C)(C)C. The summed E-state index contributed by atoms with van der Waals surface area (Å²) in [6.45, 7) is 8.77. The molecule has 3 heteroatoms. The number of aliphatic hydroxyl groups is 1. The zero-order chi connectivity index (χ0) is 11.4. The van der Waals surface area contributed by atoms with Gasteiger partial charge < -0.3 is 10.0 Å². The Morgan fingerprint density at radius 2 is 1.93 bits per heavy atom. The molecule has 0 aromatic carbocycles. The van der Waals surface area contributed by atoms with Gasteiger partial charge in [-0.05, 0) is 18.8 Å². The molecule has 0 aliphatic heterocycles. The molecule has 0 aromatic heterocycles. The molecule has 1 N–H and O–H groups in total. The third kappa shape index (κ3) is 6.89. The molecule has 0 bridgehead atoms. The third-order valence-electron chi connectivity index (χ3n) is 1.91. The van der Waals surface area contributed by atoms with Gasteiger partial charge in [0.15, 0.2) is 0 Å². The van der Waals surface area contributed by atoms with Crippen LogP contribution in [-0.4, -0.2) is 35.6 Å². The first-order chi connectivity index (χ1) is 6.22. The summed E-state index contributed by atoms with van der Waals surface area (Å²) in [6.07, 6.45) is 0.597. The summed E-state index contributed by atoms with van der Waals surface area (Å²) in [7, 11) is 1.82. The molecule has 0 rings (SSSR count). The molecule has 1 atom stereocenters. The van der Waals surface area contributed by atoms with Crippen LogP contribution in [0.5, 0.6) is 0 Å². The molecule has 0 aliphatic rings. The second kappa shape index (κ2) is 5.35. The van der Waals surface area contributed by atoms with Crippen LogP contribution >= 0.6 is 0 Å². The van der Waals surface area contributed by atoms with Crippen molar-refractivity contribution in [2.75, 3.05) is 13.6 Å². The molecule has 0 spiro atoms. The fourth-order valence-corrected chi connectivity index (χ4v) is 1.32. The first kappa shape index (κ1) is 13.4. The summed E-state index contributed by atoms with van der Waals surface area (Å²) in [5.74, 6) is 0.112. The normalized spacial score (nSPS) is 13.9. The summed E-state index contributed by atoms with van der Waals surface area (Å²) in [4.78, 5) is 13.3. The third-order valence-corrected chi connectivity index (χ3v) is 1.91. The number of rotatable bonds is 4. The average molecular weight is 201 g/mol. The lowest BCUT2D eigenvalue weighted by molar-refractivity contribution is -0.131. The van der Waals surface area contributed by atoms with Crippen LogP contribution in [0.25, 0.3) is 0 Å². The summed E-state index contributed by atoms with van der Waals surface area (Å²) in [6, 6.07) is 0. The van der Waals surface area contributed by atoms with Gasteiger partial charge in [0, 0.05) is 20.0 Å². The maximum absolute atomic E-state index is 11.5. The van der Waals surface area contributed by atoms with Crippen molar-refractivity contribution in [1.29, 1.82) is 0 Å². The van der Waals surface area contributed by atoms with Gasteiger partial charge in [0.25, 0.3) is 0 Å². The molecule has 0 heterocycles. The van der Waals surface area contributed by atoms with Crippen LogP contribution in [0.3, 0.4) is 0 Å². The Kier molecular flexibility index (Phi) is 5.13. The number of aliphatic hydroxyl groups excluding tert-OH is 1. The van der Waals surface area contributed by atoms with Crippen molar-refractivity contribution in [3.05, 3.63) is 0 Å². The zero-order valence-corrected chi connectivity index (χ0v) is 10.0. The van der Waals surface area contributed by atoms with Crippen molar-refractivity contribution in [3.63, 3.8) is 0 Å². The van der Waals surface area contributed by atoms with E-state index in [9.17, 15) is 4.79 Å². The molecule has 0 radical (unpaired) electrons. The standard InChI is InChI=1S/C11H23NO2/c1-9(13)6-7-10(14)12(5)8-11(2,3)4/h9,13H,6-8H2,1-5H3. The lowest BCUT2D eigenvalue weighted by Gasteiger charge is -2.26. The zero-order valence-electron chi connectivity index (χ0n) is 10.0. The average Bonchev–Trinajstić information content (AvgIpc) is 1.96. The van der Waals surface area contributed by atoms with E-state index in [4.69, 9.17) is 5.11 Å². The van der Waals surface area contributed by atoms with E-state index in [1.807, 2.05) is 7.05 Å². The van der Waals surface area contributed by atoms with Crippen LogP contribution in [0.15, 0.2) is 0 Å². The molecule has 0 saturated carbocycles. The molecule has 14 heavy (non-hydrogen) atoms. The highest BCUT2D eigenvalue weighted by Gasteiger charge is 2.17. The minimum atomic E-state index is -0.387. The van der Waals surface area contributed by atoms with E-state index in [2.05, 4.69) is 20.8 Å². The summed E-state index contributed by atoms with van der Waals surface area (Å²) in [5.41, 5.74) is 0.134. The second-order valence-electron chi connectivity index (χ2n) is 5.20. The fourth-order valence-electron chi connectivity index (χ4n) is 1.32. The van der Waals surface area contributed by atoms with Crippen molar-refractivity contribution in [2.45, 2.75) is 46.6 Å². The van der Waals surface area contributed by atoms with Gasteiger partial charge in [0.1, 0.15) is 0 Å². The lowest BCUT2D eigenvalue weighted by Crippen LogP contribution is -2.34. The molecular weight excluding hydrogens is 178 g/mol. The van der Waals surface area contributed by atoms with Crippen molar-refractivity contribution >= 4 is 5.91 Å². The maximum Gasteiger partial charge on any atom is 0.222 e. The largest absolute Gasteiger partial charge is 0.393 e. The highest BCUT2D eigenvalue weighted by molar-refractivity contribution is 5.75. The molecule has 0 aliphatic carbocycles. The molecule has 1 amide bonds. The fraction of sp³-hybridized carbons (Fsp3) is 0.909. The Morgan fingerprint density at radius 1 is 1.43 bits per heavy atom. The summed E-state index contributed by atoms with van der Waals surface area (Å²) < 4.78 is 0. The van der Waals surface area contributed by atoms with E-state index in [0.29, 0.717) is 12.8 Å². The van der Waals surface area contributed by atoms with E-state index in [0.717, 1.165) is 6.54 Å². The maximum atomic E-state index is 11.5. The Hall–Kier alpha value is -0.570. The van der Waals surface area contributed by atoms with Crippen molar-refractivity contribution in [3.8, 4) is 0 Å². The molecule has 84 valence electrons. The highest BCUT2D eigenvalue weighted by Crippen LogP contribution is 2.15. The summed E-state index contributed by atoms with van der Waals surface area (Å²) >= 11 is 0. The van der Waals surface area contributed by atoms with E-state index in [-0.39, 0.29) is 17.4 Å². The Balaban J connectivity index is 3.88. The number of hydrogen-bond acceptors (Lipinski definition) is 2. The first-order valence-electron chi connectivity index (χ1n) is 5.14. The van der Waals surface area contributed by atoms with Gasteiger partial charge in [-0.25, -0.2) is 0 Å². The summed E-state index contributed by atoms with van der Waals surface area (Å²) in [5, 5.41) is 9.04. The highest BCUT2D eigenvalue weighted by atomic mass is 16.3. The second-order valence-corrected chi connectivity index (χ2v) is 5.20. The Bertz CT molecular complexity index is 182. The monoisotopic (exact) mass is 201 g/mol. The number of carbonyl (C=O) groups is 1. The van der Waals surface area contributed by atoms with Crippen LogP contribution in [0, 0.1) is 5.41 Å². The number of amides is 1. The van der Waals surface area contributed by atoms with Gasteiger partial charge in [0.2, 0.25) is 5.91 Å². The van der Waals surface area contributed by atoms with Gasteiger partial charge in [-0.1, -0.05) is 20.8 Å². The topological polar surface area (TPSA) is 40.5 Å². The first-order valence-corrected chi connectivity index (χ1v) is 5.14. The quantitative estimate of drug-likeness (QED) is 0.751. The Labute approximate surface area is 87.1 Å². The van der Waals surface area contributed by atoms with Crippen LogP contribution in [0.2, 0.25) is 0 Å². The van der Waals surface area contributed by atoms with Crippen LogP contribution in [-0.2, 0) is 4.79 Å². The van der Waals surface area contributed by atoms with E-state index >= 15 is 0 Å². The minimum Gasteiger partial charge on any atom is -0.393 e. The minimum absolute atomic E-state index is 0.112. The van der Waals surface area contributed by atoms with Crippen LogP contribution in [0.1, 0.15) is 40.5 Å². The predicted octanol–water partition coefficient (Wildman–Crippen LogP) is 1.65. The molecule has 0 fully saturated rings. The molecule has 3 nitrogen and oxygen atoms in total. The van der Waals surface area contributed by atoms with Crippen LogP contribution < -0.4 is 0 Å². The molecule has 0 aromatic rings. The molecule has 0 saturated heterocycles. The Morgan fingerprint density at radius 3 is 2.29 bits per heavy atom. The van der Waals surface area contributed by atoms with E-state index < -0.39 is 0 Å². The van der Waals surface area contributed by atoms with Gasteiger partial charge in [-0.3, -0.25) is 4.79 Å². The van der Waals surface area contributed by atoms with Gasteiger partial charge >= 0.3 is 0 Å². The molecular formula is C11H23NO2. The van der Waals surface area contributed by atoms with Gasteiger partial charge in [0.05, 0.1) is 6.10 Å². The predicted molar refractivity (Wildman–Crippen MR) is 58.0 cm³/mol. The van der Waals surface area contributed by atoms with E-state index in [1.54, 1.807) is 11.8 Å². The van der Waals surface area contributed by atoms with E-state index in [1.165, 1.54) is 0 Å². The van der Waals surface area contributed by atoms with Crippen molar-refractivity contribution in [1.82, 2.24) is 4.90 Å². The number of hydrogen-bond donors (Lipinski definition) is 1. The van der Waals surface area contributed by atoms with Crippen molar-refractivity contribution in [2.24, 2.45) is 5.41 Å². The number of nitrogens with zero attached hydrogens (tertiary/aromatic N) is 1. The van der Waals surface area contributed by atoms with Crippen LogP contribution in [0.4, 0.5) is 0 Å². The molecule has 1 unspecified atom stereocenters. The number of carbonyl (C=O) groups excluding carboxylic acids is 1. The smallest absolute Gasteiger partial charge is 0.222 e. The van der Waals surface area contributed by atoms with Gasteiger partial charge in [-0.15, -0.1) is 0 Å².